The Morgan fingerprint density at radius 2 is 2.19 bits per heavy atom. The quantitative estimate of drug-likeness (QED) is 0.750. The summed E-state index contributed by atoms with van der Waals surface area (Å²) in [6.45, 7) is 1.68. The highest BCUT2D eigenvalue weighted by atomic mass is 32.1. The zero-order chi connectivity index (χ0) is 12.0. The van der Waals surface area contributed by atoms with Crippen molar-refractivity contribution in [3.63, 3.8) is 0 Å². The first-order valence-corrected chi connectivity index (χ1v) is 5.88. The molecule has 92 valence electrons. The van der Waals surface area contributed by atoms with Crippen LogP contribution in [0.1, 0.15) is 29.4 Å². The van der Waals surface area contributed by atoms with Crippen molar-refractivity contribution in [2.75, 3.05) is 13.2 Å². The van der Waals surface area contributed by atoms with E-state index in [-0.39, 0.29) is 12.6 Å². The van der Waals surface area contributed by atoms with Crippen molar-refractivity contribution in [3.05, 3.63) is 10.0 Å². The number of ether oxygens (including phenoxy) is 1. The molecule has 16 heavy (non-hydrogen) atoms. The molecule has 0 radical (unpaired) electrons. The van der Waals surface area contributed by atoms with Gasteiger partial charge in [0.05, 0.1) is 12.6 Å². The van der Waals surface area contributed by atoms with E-state index in [0.29, 0.717) is 6.42 Å². The van der Waals surface area contributed by atoms with Crippen LogP contribution in [0.25, 0.3) is 0 Å². The zero-order valence-electron chi connectivity index (χ0n) is 9.03. The zero-order valence-corrected chi connectivity index (χ0v) is 9.84. The van der Waals surface area contributed by atoms with Gasteiger partial charge in [0.1, 0.15) is 16.6 Å². The van der Waals surface area contributed by atoms with E-state index in [4.69, 9.17) is 10.5 Å². The van der Waals surface area contributed by atoms with E-state index in [1.54, 1.807) is 0 Å². The molecule has 1 aromatic rings. The molecule has 0 aliphatic carbocycles. The van der Waals surface area contributed by atoms with E-state index in [2.05, 4.69) is 10.2 Å². The lowest BCUT2D eigenvalue weighted by atomic mass is 10.3. The Morgan fingerprint density at radius 3 is 2.81 bits per heavy atom. The number of alkyl halides is 2. The fourth-order valence-corrected chi connectivity index (χ4v) is 1.93. The van der Waals surface area contributed by atoms with Crippen LogP contribution >= 0.6 is 11.3 Å². The highest BCUT2D eigenvalue weighted by Crippen LogP contribution is 2.18. The minimum Gasteiger partial charge on any atom is -0.375 e. The van der Waals surface area contributed by atoms with Gasteiger partial charge in [-0.1, -0.05) is 18.3 Å². The predicted molar refractivity (Wildman–Crippen MR) is 57.7 cm³/mol. The second kappa shape index (κ2) is 6.82. The van der Waals surface area contributed by atoms with Crippen LogP contribution in [0.2, 0.25) is 0 Å². The van der Waals surface area contributed by atoms with Crippen LogP contribution in [-0.4, -0.2) is 29.8 Å². The molecule has 1 atom stereocenters. The number of aromatic nitrogens is 2. The van der Waals surface area contributed by atoms with E-state index in [1.165, 1.54) is 11.3 Å². The highest BCUT2D eigenvalue weighted by Gasteiger charge is 2.10. The Balaban J connectivity index is 2.29. The number of nitrogens with zero attached hydrogens (tertiary/aromatic N) is 2. The highest BCUT2D eigenvalue weighted by molar-refractivity contribution is 7.11. The molecule has 0 amide bonds. The lowest BCUT2D eigenvalue weighted by Crippen LogP contribution is -2.07. The van der Waals surface area contributed by atoms with Gasteiger partial charge in [-0.25, -0.2) is 8.78 Å². The van der Waals surface area contributed by atoms with Gasteiger partial charge >= 0.3 is 0 Å². The maximum atomic E-state index is 11.7. The molecule has 0 fully saturated rings. The summed E-state index contributed by atoms with van der Waals surface area (Å²) in [7, 11) is 0. The van der Waals surface area contributed by atoms with Crippen LogP contribution in [0.15, 0.2) is 0 Å². The number of rotatable bonds is 7. The molecule has 1 unspecified atom stereocenters. The van der Waals surface area contributed by atoms with Gasteiger partial charge in [0, 0.05) is 6.42 Å². The minimum absolute atomic E-state index is 0.0896. The summed E-state index contributed by atoms with van der Waals surface area (Å²) in [5.74, 6) is 0. The Morgan fingerprint density at radius 1 is 1.44 bits per heavy atom. The molecule has 2 N–H and O–H groups in total. The van der Waals surface area contributed by atoms with Gasteiger partial charge in [-0.3, -0.25) is 0 Å². The first kappa shape index (κ1) is 13.4. The number of hydrogen-bond donors (Lipinski definition) is 1. The van der Waals surface area contributed by atoms with Gasteiger partial charge in [-0.15, -0.1) is 10.2 Å². The lowest BCUT2D eigenvalue weighted by molar-refractivity contribution is 0.0186. The predicted octanol–water partition coefficient (Wildman–Crippen LogP) is 1.77. The topological polar surface area (TPSA) is 61.0 Å². The third kappa shape index (κ3) is 4.46. The van der Waals surface area contributed by atoms with E-state index < -0.39 is 13.0 Å². The molecule has 0 aliphatic rings. The molecular formula is C9H15F2N3OS. The summed E-state index contributed by atoms with van der Waals surface area (Å²) in [5.41, 5.74) is 5.78. The van der Waals surface area contributed by atoms with Crippen molar-refractivity contribution in [3.8, 4) is 0 Å². The minimum atomic E-state index is -2.42. The maximum absolute atomic E-state index is 11.7. The molecule has 0 aliphatic heterocycles. The molecule has 0 aromatic carbocycles. The van der Waals surface area contributed by atoms with Gasteiger partial charge in [-0.05, 0) is 6.42 Å². The van der Waals surface area contributed by atoms with E-state index in [0.717, 1.165) is 16.4 Å². The normalized spacial score (nSPS) is 13.3. The van der Waals surface area contributed by atoms with Crippen LogP contribution < -0.4 is 5.73 Å². The van der Waals surface area contributed by atoms with Crippen molar-refractivity contribution in [1.82, 2.24) is 10.2 Å². The van der Waals surface area contributed by atoms with Crippen molar-refractivity contribution >= 4 is 11.3 Å². The van der Waals surface area contributed by atoms with Crippen molar-refractivity contribution in [2.45, 2.75) is 32.2 Å². The summed E-state index contributed by atoms with van der Waals surface area (Å²) >= 11 is 1.41. The summed E-state index contributed by atoms with van der Waals surface area (Å²) < 4.78 is 28.3. The second-order valence-electron chi connectivity index (χ2n) is 3.26. The van der Waals surface area contributed by atoms with E-state index in [9.17, 15) is 8.78 Å². The van der Waals surface area contributed by atoms with Gasteiger partial charge in [-0.2, -0.15) is 0 Å². The SMILES string of the molecule is CCC(N)c1nnc(CCOCC(F)F)s1. The number of hydrogen-bond acceptors (Lipinski definition) is 5. The fraction of sp³-hybridized carbons (Fsp3) is 0.778. The van der Waals surface area contributed by atoms with E-state index >= 15 is 0 Å². The van der Waals surface area contributed by atoms with Gasteiger partial charge in [0.2, 0.25) is 0 Å². The van der Waals surface area contributed by atoms with Crippen molar-refractivity contribution in [2.24, 2.45) is 5.73 Å². The largest absolute Gasteiger partial charge is 0.375 e. The lowest BCUT2D eigenvalue weighted by Gasteiger charge is -2.01. The number of nitrogens with two attached hydrogens (primary N) is 1. The Labute approximate surface area is 96.8 Å². The van der Waals surface area contributed by atoms with Crippen LogP contribution in [0, 0.1) is 0 Å². The summed E-state index contributed by atoms with van der Waals surface area (Å²) in [4.78, 5) is 0. The molecule has 1 aromatic heterocycles. The van der Waals surface area contributed by atoms with Gasteiger partial charge < -0.3 is 10.5 Å². The monoisotopic (exact) mass is 251 g/mol. The Kier molecular flexibility index (Phi) is 5.72. The van der Waals surface area contributed by atoms with E-state index in [1.807, 2.05) is 6.92 Å². The molecule has 0 bridgehead atoms. The van der Waals surface area contributed by atoms with Gasteiger partial charge in [0.25, 0.3) is 6.43 Å². The first-order valence-electron chi connectivity index (χ1n) is 5.07. The molecule has 1 rings (SSSR count). The van der Waals surface area contributed by atoms with Crippen LogP contribution in [0.4, 0.5) is 8.78 Å². The second-order valence-corrected chi connectivity index (χ2v) is 4.36. The molecule has 4 nitrogen and oxygen atoms in total. The van der Waals surface area contributed by atoms with Crippen LogP contribution in [-0.2, 0) is 11.2 Å². The molecule has 0 spiro atoms. The smallest absolute Gasteiger partial charge is 0.261 e. The Hall–Kier alpha value is -0.660. The standard InChI is InChI=1S/C9H15F2N3OS/c1-2-6(12)9-14-13-8(16-9)3-4-15-5-7(10)11/h6-7H,2-5,12H2,1H3. The molecule has 1 heterocycles. The summed E-state index contributed by atoms with van der Waals surface area (Å²) in [5, 5.41) is 9.42. The average molecular weight is 251 g/mol. The number of halogens is 2. The molecule has 0 saturated heterocycles. The van der Waals surface area contributed by atoms with Crippen LogP contribution in [0.5, 0.6) is 0 Å². The third-order valence-corrected chi connectivity index (χ3v) is 3.06. The first-order chi connectivity index (χ1) is 7.63. The summed E-state index contributed by atoms with van der Waals surface area (Å²) in [6.07, 6.45) is -1.12. The van der Waals surface area contributed by atoms with Crippen molar-refractivity contribution in [1.29, 1.82) is 0 Å². The third-order valence-electron chi connectivity index (χ3n) is 1.94. The molecule has 0 saturated carbocycles. The van der Waals surface area contributed by atoms with Crippen LogP contribution in [0.3, 0.4) is 0 Å². The van der Waals surface area contributed by atoms with Gasteiger partial charge in [0.15, 0.2) is 0 Å². The molecule has 7 heteroatoms. The molecular weight excluding hydrogens is 236 g/mol. The fourth-order valence-electron chi connectivity index (χ4n) is 1.02. The Bertz CT molecular complexity index is 309. The summed E-state index contributed by atoms with van der Waals surface area (Å²) in [6, 6.07) is -0.0896. The van der Waals surface area contributed by atoms with Crippen molar-refractivity contribution < 1.29 is 13.5 Å². The average Bonchev–Trinajstić information content (AvgIpc) is 2.71. The maximum Gasteiger partial charge on any atom is 0.261 e.